The number of aromatic amines is 1. The van der Waals surface area contributed by atoms with Crippen molar-refractivity contribution >= 4 is 17.6 Å². The molecular formula is C32H49N7O. The van der Waals surface area contributed by atoms with E-state index in [-0.39, 0.29) is 11.8 Å². The first-order valence-corrected chi connectivity index (χ1v) is 15.7. The predicted octanol–water partition coefficient (Wildman–Crippen LogP) is 3.61. The number of para-hydroxylation sites is 1. The van der Waals surface area contributed by atoms with Crippen molar-refractivity contribution < 1.29 is 5.11 Å². The molecule has 2 saturated heterocycles. The molecule has 8 heteroatoms. The minimum absolute atomic E-state index is 0.189. The molecule has 0 amide bonds. The van der Waals surface area contributed by atoms with E-state index in [1.54, 1.807) is 6.07 Å². The Morgan fingerprint density at radius 3 is 2.40 bits per heavy atom. The lowest BCUT2D eigenvalue weighted by Gasteiger charge is -2.46. The van der Waals surface area contributed by atoms with Crippen molar-refractivity contribution in [2.75, 3.05) is 58.1 Å². The standard InChI is InChI=1S/C32H49N7O/c1-22-31-27(20-28(33)26-4-2-3-5-30(26)40)32(34)36-29(31)12-17-39(22)25-8-6-24(7-9-25)38-15-10-23(11-16-38)21-37-18-13-35-14-19-37/h2-5,20,22-25,35-36,40H,6-19,21,33-34H2,1H3/b28-20-. The molecular weight excluding hydrogens is 498 g/mol. The number of aromatic hydroxyl groups is 1. The number of piperazine rings is 1. The molecule has 0 spiro atoms. The minimum atomic E-state index is 0.189. The minimum Gasteiger partial charge on any atom is -0.507 e. The Bertz CT molecular complexity index is 1170. The Morgan fingerprint density at radius 1 is 0.975 bits per heavy atom. The number of nitrogens with one attached hydrogen (secondary N) is 2. The van der Waals surface area contributed by atoms with Crippen molar-refractivity contribution in [1.29, 1.82) is 0 Å². The van der Waals surface area contributed by atoms with Crippen LogP contribution in [0.3, 0.4) is 0 Å². The van der Waals surface area contributed by atoms with Gasteiger partial charge in [0.05, 0.1) is 0 Å². The molecule has 1 aromatic heterocycles. The average molecular weight is 548 g/mol. The van der Waals surface area contributed by atoms with E-state index >= 15 is 0 Å². The Kier molecular flexibility index (Phi) is 8.40. The van der Waals surface area contributed by atoms with Crippen LogP contribution >= 0.6 is 0 Å². The summed E-state index contributed by atoms with van der Waals surface area (Å²) in [7, 11) is 0. The van der Waals surface area contributed by atoms with Crippen LogP contribution in [0.4, 0.5) is 5.82 Å². The van der Waals surface area contributed by atoms with Gasteiger partial charge in [-0.1, -0.05) is 12.1 Å². The highest BCUT2D eigenvalue weighted by Crippen LogP contribution is 2.41. The second-order valence-electron chi connectivity index (χ2n) is 12.6. The molecule has 1 unspecified atom stereocenters. The summed E-state index contributed by atoms with van der Waals surface area (Å²) < 4.78 is 0. The first-order valence-electron chi connectivity index (χ1n) is 15.7. The zero-order valence-electron chi connectivity index (χ0n) is 24.2. The fourth-order valence-corrected chi connectivity index (χ4v) is 8.00. The summed E-state index contributed by atoms with van der Waals surface area (Å²) in [5, 5.41) is 13.8. The lowest BCUT2D eigenvalue weighted by atomic mass is 9.84. The average Bonchev–Trinajstić information content (AvgIpc) is 3.30. The third kappa shape index (κ3) is 5.77. The number of hydrogen-bond donors (Lipinski definition) is 5. The third-order valence-electron chi connectivity index (χ3n) is 10.3. The number of phenolic OH excluding ortho intramolecular Hbond substituents is 1. The molecule has 1 atom stereocenters. The molecule has 4 aliphatic rings. The molecule has 3 fully saturated rings. The van der Waals surface area contributed by atoms with Crippen LogP contribution in [-0.4, -0.2) is 89.2 Å². The van der Waals surface area contributed by atoms with Crippen LogP contribution < -0.4 is 16.8 Å². The Hall–Kier alpha value is -2.52. The number of H-pyrrole nitrogens is 1. The molecule has 0 radical (unpaired) electrons. The van der Waals surface area contributed by atoms with Crippen LogP contribution in [0.25, 0.3) is 11.8 Å². The highest BCUT2D eigenvalue weighted by atomic mass is 16.3. The molecule has 1 aromatic carbocycles. The number of benzene rings is 1. The largest absolute Gasteiger partial charge is 0.507 e. The molecule has 6 rings (SSSR count). The van der Waals surface area contributed by atoms with Gasteiger partial charge in [-0.3, -0.25) is 4.90 Å². The predicted molar refractivity (Wildman–Crippen MR) is 164 cm³/mol. The molecule has 4 heterocycles. The smallest absolute Gasteiger partial charge is 0.124 e. The summed E-state index contributed by atoms with van der Waals surface area (Å²) in [5.74, 6) is 1.74. The number of hydrogen-bond acceptors (Lipinski definition) is 7. The van der Waals surface area contributed by atoms with Crippen LogP contribution in [0, 0.1) is 5.92 Å². The van der Waals surface area contributed by atoms with Gasteiger partial charge in [-0.2, -0.15) is 0 Å². The summed E-state index contributed by atoms with van der Waals surface area (Å²) >= 11 is 0. The van der Waals surface area contributed by atoms with E-state index in [0.717, 1.165) is 43.6 Å². The number of nitrogen functional groups attached to an aromatic ring is 1. The summed E-state index contributed by atoms with van der Waals surface area (Å²) in [6.07, 6.45) is 10.8. The van der Waals surface area contributed by atoms with E-state index in [2.05, 4.69) is 31.9 Å². The maximum Gasteiger partial charge on any atom is 0.124 e. The van der Waals surface area contributed by atoms with E-state index in [1.165, 1.54) is 82.5 Å². The van der Waals surface area contributed by atoms with E-state index in [9.17, 15) is 5.11 Å². The second kappa shape index (κ2) is 12.1. The SMILES string of the molecule is CC1c2c([nH]c(N)c2/C=C(\N)c2ccccc2O)CCN1C1CCC(N2CCC(CN3CCNCC3)CC2)CC1. The zero-order valence-corrected chi connectivity index (χ0v) is 24.2. The van der Waals surface area contributed by atoms with Gasteiger partial charge in [-0.25, -0.2) is 0 Å². The lowest BCUT2D eigenvalue weighted by molar-refractivity contribution is 0.0484. The normalized spacial score (nSPS) is 28.0. The van der Waals surface area contributed by atoms with Crippen molar-refractivity contribution in [3.05, 3.63) is 46.6 Å². The lowest BCUT2D eigenvalue weighted by Crippen LogP contribution is -2.50. The summed E-state index contributed by atoms with van der Waals surface area (Å²) in [6, 6.07) is 8.87. The van der Waals surface area contributed by atoms with Gasteiger partial charge in [0.1, 0.15) is 11.6 Å². The molecule has 1 aliphatic carbocycles. The summed E-state index contributed by atoms with van der Waals surface area (Å²) in [6.45, 7) is 12.0. The second-order valence-corrected chi connectivity index (χ2v) is 12.6. The maximum absolute atomic E-state index is 10.3. The number of anilines is 1. The van der Waals surface area contributed by atoms with Crippen LogP contribution in [0.1, 0.15) is 73.9 Å². The number of nitrogens with zero attached hydrogens (tertiary/aromatic N) is 3. The Balaban J connectivity index is 1.06. The monoisotopic (exact) mass is 547 g/mol. The Morgan fingerprint density at radius 2 is 1.68 bits per heavy atom. The van der Waals surface area contributed by atoms with Gasteiger partial charge in [-0.05, 0) is 88.2 Å². The van der Waals surface area contributed by atoms with E-state index in [0.29, 0.717) is 23.1 Å². The fourth-order valence-electron chi connectivity index (χ4n) is 8.00. The molecule has 0 bridgehead atoms. The maximum atomic E-state index is 10.3. The Labute approximate surface area is 239 Å². The molecule has 40 heavy (non-hydrogen) atoms. The number of rotatable bonds is 6. The van der Waals surface area contributed by atoms with Crippen molar-refractivity contribution in [3.8, 4) is 5.75 Å². The van der Waals surface area contributed by atoms with Gasteiger partial charge < -0.3 is 36.7 Å². The number of piperidine rings is 1. The molecule has 2 aromatic rings. The highest BCUT2D eigenvalue weighted by molar-refractivity contribution is 5.86. The topological polar surface area (TPSA) is 110 Å². The quantitative estimate of drug-likeness (QED) is 0.376. The molecule has 3 aliphatic heterocycles. The number of fused-ring (bicyclic) bond motifs is 1. The van der Waals surface area contributed by atoms with Crippen molar-refractivity contribution in [2.45, 2.75) is 70.0 Å². The summed E-state index contributed by atoms with van der Waals surface area (Å²) in [5.41, 5.74) is 17.6. The van der Waals surface area contributed by atoms with E-state index < -0.39 is 0 Å². The molecule has 1 saturated carbocycles. The van der Waals surface area contributed by atoms with Crippen LogP contribution in [0.5, 0.6) is 5.75 Å². The highest BCUT2D eigenvalue weighted by Gasteiger charge is 2.36. The number of aromatic nitrogens is 1. The van der Waals surface area contributed by atoms with Crippen molar-refractivity contribution in [2.24, 2.45) is 11.7 Å². The first kappa shape index (κ1) is 27.6. The van der Waals surface area contributed by atoms with E-state index in [4.69, 9.17) is 11.5 Å². The van der Waals surface area contributed by atoms with Crippen molar-refractivity contribution in [1.82, 2.24) is 25.0 Å². The van der Waals surface area contributed by atoms with Crippen LogP contribution in [0.15, 0.2) is 24.3 Å². The van der Waals surface area contributed by atoms with Gasteiger partial charge in [0.15, 0.2) is 0 Å². The van der Waals surface area contributed by atoms with Gasteiger partial charge >= 0.3 is 0 Å². The third-order valence-corrected chi connectivity index (χ3v) is 10.3. The van der Waals surface area contributed by atoms with Crippen molar-refractivity contribution in [3.63, 3.8) is 0 Å². The van der Waals surface area contributed by atoms with Gasteiger partial charge in [0, 0.05) is 86.3 Å². The van der Waals surface area contributed by atoms with E-state index in [1.807, 2.05) is 24.3 Å². The van der Waals surface area contributed by atoms with Gasteiger partial charge in [0.2, 0.25) is 0 Å². The summed E-state index contributed by atoms with van der Waals surface area (Å²) in [4.78, 5) is 11.7. The number of nitrogens with two attached hydrogens (primary N) is 2. The first-order chi connectivity index (χ1) is 19.5. The van der Waals surface area contributed by atoms with Gasteiger partial charge in [0.25, 0.3) is 0 Å². The fraction of sp³-hybridized carbons (Fsp3) is 0.625. The molecule has 218 valence electrons. The number of likely N-dealkylation sites (tertiary alicyclic amines) is 1. The number of phenols is 1. The molecule has 7 N–H and O–H groups in total. The van der Waals surface area contributed by atoms with Crippen LogP contribution in [-0.2, 0) is 6.42 Å². The zero-order chi connectivity index (χ0) is 27.6. The van der Waals surface area contributed by atoms with Gasteiger partial charge in [-0.15, -0.1) is 0 Å². The van der Waals surface area contributed by atoms with Crippen LogP contribution in [0.2, 0.25) is 0 Å². The molecule has 8 nitrogen and oxygen atoms in total.